The fourth-order valence-electron chi connectivity index (χ4n) is 2.10. The van der Waals surface area contributed by atoms with Gasteiger partial charge in [0.2, 0.25) is 0 Å². The van der Waals surface area contributed by atoms with Gasteiger partial charge >= 0.3 is 0 Å². The average Bonchev–Trinajstić information content (AvgIpc) is 2.98. The molecule has 1 heterocycles. The van der Waals surface area contributed by atoms with E-state index in [9.17, 15) is 4.39 Å². The Balaban J connectivity index is 1.77. The first-order chi connectivity index (χ1) is 10.2. The molecule has 0 atom stereocenters. The Labute approximate surface area is 126 Å². The summed E-state index contributed by atoms with van der Waals surface area (Å²) in [5.74, 6) is -0.433. The third-order valence-corrected chi connectivity index (χ3v) is 3.49. The molecule has 3 nitrogen and oxygen atoms in total. The molecule has 0 saturated carbocycles. The molecule has 0 radical (unpaired) electrons. The minimum Gasteiger partial charge on any atom is -0.381 e. The lowest BCUT2D eigenvalue weighted by atomic mass is 10.1. The van der Waals surface area contributed by atoms with Crippen LogP contribution in [0.4, 0.5) is 10.1 Å². The summed E-state index contributed by atoms with van der Waals surface area (Å²) in [6, 6.07) is 14.6. The molecule has 0 bridgehead atoms. The summed E-state index contributed by atoms with van der Waals surface area (Å²) in [6.07, 6.45) is 1.77. The lowest BCUT2D eigenvalue weighted by Gasteiger charge is -2.07. The maximum Gasteiger partial charge on any atom is 0.143 e. The molecule has 0 amide bonds. The molecule has 0 aliphatic heterocycles. The number of halogens is 2. The van der Waals surface area contributed by atoms with E-state index in [1.54, 1.807) is 12.3 Å². The molecular weight excluding hydrogens is 289 g/mol. The molecule has 0 spiro atoms. The summed E-state index contributed by atoms with van der Waals surface area (Å²) in [6.45, 7) is 0.543. The Morgan fingerprint density at radius 1 is 1.14 bits per heavy atom. The normalized spacial score (nSPS) is 10.6. The Kier molecular flexibility index (Phi) is 3.88. The highest BCUT2D eigenvalue weighted by Crippen LogP contribution is 2.23. The van der Waals surface area contributed by atoms with E-state index in [0.717, 1.165) is 16.8 Å². The lowest BCUT2D eigenvalue weighted by molar-refractivity contribution is 0.628. The van der Waals surface area contributed by atoms with Gasteiger partial charge in [-0.3, -0.25) is 5.10 Å². The van der Waals surface area contributed by atoms with Gasteiger partial charge in [0.05, 0.1) is 16.9 Å². The smallest absolute Gasteiger partial charge is 0.143 e. The summed E-state index contributed by atoms with van der Waals surface area (Å²) >= 11 is 5.67. The highest BCUT2D eigenvalue weighted by atomic mass is 35.5. The van der Waals surface area contributed by atoms with Crippen LogP contribution in [0.1, 0.15) is 5.56 Å². The summed E-state index contributed by atoms with van der Waals surface area (Å²) in [5, 5.41) is 10.4. The fourth-order valence-corrected chi connectivity index (χ4v) is 2.22. The Bertz CT molecular complexity index is 740. The van der Waals surface area contributed by atoms with Gasteiger partial charge in [-0.15, -0.1) is 0 Å². The Hall–Kier alpha value is -2.33. The molecule has 0 aliphatic rings. The van der Waals surface area contributed by atoms with Gasteiger partial charge < -0.3 is 5.32 Å². The van der Waals surface area contributed by atoms with Crippen molar-refractivity contribution >= 4 is 17.3 Å². The molecule has 21 heavy (non-hydrogen) atoms. The zero-order valence-corrected chi connectivity index (χ0v) is 11.9. The van der Waals surface area contributed by atoms with Crippen molar-refractivity contribution in [1.29, 1.82) is 0 Å². The molecule has 2 N–H and O–H groups in total. The number of hydrogen-bond acceptors (Lipinski definition) is 2. The SMILES string of the molecule is Fc1cc(NCc2cn[nH]c2-c2ccccc2)ccc1Cl. The predicted molar refractivity (Wildman–Crippen MR) is 82.8 cm³/mol. The predicted octanol–water partition coefficient (Wildman–Crippen LogP) is 4.48. The number of benzene rings is 2. The molecule has 1 aromatic heterocycles. The first kappa shape index (κ1) is 13.6. The molecule has 5 heteroatoms. The second kappa shape index (κ2) is 5.97. The van der Waals surface area contributed by atoms with Crippen LogP contribution in [0, 0.1) is 5.82 Å². The number of hydrogen-bond donors (Lipinski definition) is 2. The van der Waals surface area contributed by atoms with Crippen molar-refractivity contribution in [1.82, 2.24) is 10.2 Å². The van der Waals surface area contributed by atoms with Crippen molar-refractivity contribution in [2.75, 3.05) is 5.32 Å². The van der Waals surface area contributed by atoms with Gasteiger partial charge in [-0.1, -0.05) is 41.9 Å². The molecule has 0 unspecified atom stereocenters. The monoisotopic (exact) mass is 301 g/mol. The first-order valence-electron chi connectivity index (χ1n) is 6.50. The molecule has 3 aromatic rings. The van der Waals surface area contributed by atoms with E-state index in [1.807, 2.05) is 30.3 Å². The molecule has 0 saturated heterocycles. The first-order valence-corrected chi connectivity index (χ1v) is 6.88. The van der Waals surface area contributed by atoms with E-state index in [4.69, 9.17) is 11.6 Å². The number of nitrogens with zero attached hydrogens (tertiary/aromatic N) is 1. The van der Waals surface area contributed by atoms with Crippen molar-refractivity contribution in [2.45, 2.75) is 6.54 Å². The highest BCUT2D eigenvalue weighted by molar-refractivity contribution is 6.30. The maximum atomic E-state index is 13.4. The van der Waals surface area contributed by atoms with E-state index in [-0.39, 0.29) is 5.02 Å². The van der Waals surface area contributed by atoms with Crippen LogP contribution in [-0.4, -0.2) is 10.2 Å². The van der Waals surface area contributed by atoms with Crippen molar-refractivity contribution in [2.24, 2.45) is 0 Å². The molecular formula is C16H13ClFN3. The largest absolute Gasteiger partial charge is 0.381 e. The summed E-state index contributed by atoms with van der Waals surface area (Å²) < 4.78 is 13.4. The number of aromatic nitrogens is 2. The average molecular weight is 302 g/mol. The van der Waals surface area contributed by atoms with Gasteiger partial charge in [-0.05, 0) is 23.8 Å². The van der Waals surface area contributed by atoms with Gasteiger partial charge in [0.1, 0.15) is 5.82 Å². The van der Waals surface area contributed by atoms with Crippen molar-refractivity contribution in [3.05, 3.63) is 71.1 Å². The summed E-state index contributed by atoms with van der Waals surface area (Å²) in [7, 11) is 0. The maximum absolute atomic E-state index is 13.4. The Morgan fingerprint density at radius 3 is 2.71 bits per heavy atom. The highest BCUT2D eigenvalue weighted by Gasteiger charge is 2.07. The van der Waals surface area contributed by atoms with Crippen LogP contribution in [0.3, 0.4) is 0 Å². The number of rotatable bonds is 4. The van der Waals surface area contributed by atoms with E-state index >= 15 is 0 Å². The summed E-state index contributed by atoms with van der Waals surface area (Å²) in [5.41, 5.74) is 3.71. The van der Waals surface area contributed by atoms with Crippen molar-refractivity contribution < 1.29 is 4.39 Å². The second-order valence-electron chi connectivity index (χ2n) is 4.62. The van der Waals surface area contributed by atoms with Crippen LogP contribution in [0.5, 0.6) is 0 Å². The quantitative estimate of drug-likeness (QED) is 0.746. The fraction of sp³-hybridized carbons (Fsp3) is 0.0625. The third-order valence-electron chi connectivity index (χ3n) is 3.18. The standard InChI is InChI=1S/C16H13ClFN3/c17-14-7-6-13(8-15(14)18)19-9-12-10-20-21-16(12)11-4-2-1-3-5-11/h1-8,10,19H,9H2,(H,20,21). The lowest BCUT2D eigenvalue weighted by Crippen LogP contribution is -2.00. The van der Waals surface area contributed by atoms with Gasteiger partial charge in [0, 0.05) is 17.8 Å². The van der Waals surface area contributed by atoms with Gasteiger partial charge in [-0.25, -0.2) is 4.39 Å². The Morgan fingerprint density at radius 2 is 1.95 bits per heavy atom. The van der Waals surface area contributed by atoms with E-state index in [0.29, 0.717) is 12.2 Å². The van der Waals surface area contributed by atoms with Crippen molar-refractivity contribution in [3.8, 4) is 11.3 Å². The number of anilines is 1. The van der Waals surface area contributed by atoms with E-state index in [1.165, 1.54) is 12.1 Å². The van der Waals surface area contributed by atoms with Gasteiger partial charge in [0.15, 0.2) is 0 Å². The molecule has 0 aliphatic carbocycles. The van der Waals surface area contributed by atoms with Crippen LogP contribution in [0.15, 0.2) is 54.7 Å². The van der Waals surface area contributed by atoms with Crippen LogP contribution >= 0.6 is 11.6 Å². The van der Waals surface area contributed by atoms with Gasteiger partial charge in [-0.2, -0.15) is 5.10 Å². The zero-order valence-electron chi connectivity index (χ0n) is 11.1. The second-order valence-corrected chi connectivity index (χ2v) is 5.03. The molecule has 0 fully saturated rings. The molecule has 3 rings (SSSR count). The van der Waals surface area contributed by atoms with Crippen LogP contribution in [0.25, 0.3) is 11.3 Å². The third kappa shape index (κ3) is 3.06. The minimum atomic E-state index is -0.433. The topological polar surface area (TPSA) is 40.7 Å². The minimum absolute atomic E-state index is 0.119. The van der Waals surface area contributed by atoms with Crippen LogP contribution < -0.4 is 5.32 Å². The zero-order chi connectivity index (χ0) is 14.7. The van der Waals surface area contributed by atoms with Gasteiger partial charge in [0.25, 0.3) is 0 Å². The number of nitrogens with one attached hydrogen (secondary N) is 2. The molecule has 2 aromatic carbocycles. The van der Waals surface area contributed by atoms with Crippen LogP contribution in [0.2, 0.25) is 5.02 Å². The van der Waals surface area contributed by atoms with E-state index in [2.05, 4.69) is 15.5 Å². The number of H-pyrrole nitrogens is 1. The van der Waals surface area contributed by atoms with Crippen molar-refractivity contribution in [3.63, 3.8) is 0 Å². The van der Waals surface area contributed by atoms with Crippen LogP contribution in [-0.2, 0) is 6.54 Å². The molecule has 106 valence electrons. The van der Waals surface area contributed by atoms with E-state index < -0.39 is 5.82 Å². The number of aromatic amines is 1. The summed E-state index contributed by atoms with van der Waals surface area (Å²) in [4.78, 5) is 0.